The van der Waals surface area contributed by atoms with Gasteiger partial charge in [0.05, 0.1) is 12.7 Å². The van der Waals surface area contributed by atoms with E-state index in [-0.39, 0.29) is 0 Å². The molecule has 1 aliphatic heterocycles. The lowest BCUT2D eigenvalue weighted by Crippen LogP contribution is -2.28. The standard InChI is InChI=1S/C24H23N3OS/c1-27-12-11-22-21(15-27)23(18-8-4-3-5-9-18)20(14-25)24(26-22)29-16-17-7-6-10-19(13-17)28-2/h3-10,13H,11-12,15-16H2,1-2H3. The van der Waals surface area contributed by atoms with Crippen molar-refractivity contribution < 1.29 is 4.74 Å². The molecule has 0 saturated heterocycles. The number of hydrogen-bond acceptors (Lipinski definition) is 5. The van der Waals surface area contributed by atoms with Crippen molar-refractivity contribution in [2.24, 2.45) is 0 Å². The molecule has 0 unspecified atom stereocenters. The van der Waals surface area contributed by atoms with Crippen LogP contribution in [0, 0.1) is 11.3 Å². The average Bonchev–Trinajstić information content (AvgIpc) is 2.77. The number of pyridine rings is 1. The van der Waals surface area contributed by atoms with E-state index in [1.54, 1.807) is 18.9 Å². The molecular weight excluding hydrogens is 378 g/mol. The van der Waals surface area contributed by atoms with Gasteiger partial charge in [0.1, 0.15) is 16.8 Å². The Bertz CT molecular complexity index is 1060. The quantitative estimate of drug-likeness (QED) is 0.569. The summed E-state index contributed by atoms with van der Waals surface area (Å²) >= 11 is 1.62. The smallest absolute Gasteiger partial charge is 0.119 e. The van der Waals surface area contributed by atoms with Gasteiger partial charge < -0.3 is 9.64 Å². The van der Waals surface area contributed by atoms with Crippen LogP contribution in [-0.4, -0.2) is 30.6 Å². The second kappa shape index (κ2) is 8.69. The normalized spacial score (nSPS) is 13.6. The Balaban J connectivity index is 1.77. The fourth-order valence-electron chi connectivity index (χ4n) is 3.72. The van der Waals surface area contributed by atoms with E-state index in [2.05, 4.69) is 36.2 Å². The third-order valence-electron chi connectivity index (χ3n) is 5.19. The molecule has 4 nitrogen and oxygen atoms in total. The molecule has 5 heteroatoms. The Kier molecular flexibility index (Phi) is 5.84. The third kappa shape index (κ3) is 4.14. The zero-order valence-electron chi connectivity index (χ0n) is 16.7. The van der Waals surface area contributed by atoms with Crippen molar-refractivity contribution in [3.05, 3.63) is 77.0 Å². The number of methoxy groups -OCH3 is 1. The van der Waals surface area contributed by atoms with Crippen LogP contribution in [0.5, 0.6) is 5.75 Å². The predicted molar refractivity (Wildman–Crippen MR) is 117 cm³/mol. The second-order valence-corrected chi connectivity index (χ2v) is 8.16. The summed E-state index contributed by atoms with van der Waals surface area (Å²) in [5, 5.41) is 10.9. The van der Waals surface area contributed by atoms with Gasteiger partial charge in [-0.05, 0) is 35.9 Å². The molecule has 0 aliphatic carbocycles. The van der Waals surface area contributed by atoms with Crippen molar-refractivity contribution in [2.75, 3.05) is 20.7 Å². The van der Waals surface area contributed by atoms with E-state index in [4.69, 9.17) is 9.72 Å². The molecule has 1 aliphatic rings. The van der Waals surface area contributed by atoms with Crippen LogP contribution in [0.3, 0.4) is 0 Å². The molecule has 29 heavy (non-hydrogen) atoms. The summed E-state index contributed by atoms with van der Waals surface area (Å²) in [6.07, 6.45) is 0.907. The van der Waals surface area contributed by atoms with Crippen molar-refractivity contribution in [3.63, 3.8) is 0 Å². The Morgan fingerprint density at radius 1 is 1.17 bits per heavy atom. The number of likely N-dealkylation sites (N-methyl/N-ethyl adjacent to an activating group) is 1. The Labute approximate surface area is 176 Å². The molecule has 0 radical (unpaired) electrons. The fourth-order valence-corrected chi connectivity index (χ4v) is 4.67. The van der Waals surface area contributed by atoms with Gasteiger partial charge in [-0.1, -0.05) is 42.5 Å². The van der Waals surface area contributed by atoms with Gasteiger partial charge >= 0.3 is 0 Å². The van der Waals surface area contributed by atoms with E-state index in [9.17, 15) is 5.26 Å². The molecule has 0 N–H and O–H groups in total. The summed E-state index contributed by atoms with van der Waals surface area (Å²) in [6.45, 7) is 1.81. The minimum absolute atomic E-state index is 0.679. The van der Waals surface area contributed by atoms with Gasteiger partial charge in [-0.15, -0.1) is 11.8 Å². The Morgan fingerprint density at radius 3 is 2.76 bits per heavy atom. The fraction of sp³-hybridized carbons (Fsp3) is 0.250. The van der Waals surface area contributed by atoms with Crippen LogP contribution in [0.1, 0.15) is 22.4 Å². The largest absolute Gasteiger partial charge is 0.497 e. The van der Waals surface area contributed by atoms with Crippen molar-refractivity contribution >= 4 is 11.8 Å². The molecule has 0 spiro atoms. The number of benzene rings is 2. The van der Waals surface area contributed by atoms with Crippen molar-refractivity contribution in [2.45, 2.75) is 23.7 Å². The molecule has 1 aromatic heterocycles. The first-order valence-corrected chi connectivity index (χ1v) is 10.6. The highest BCUT2D eigenvalue weighted by Crippen LogP contribution is 2.38. The SMILES string of the molecule is COc1cccc(CSc2nc3c(c(-c4ccccc4)c2C#N)CN(C)CC3)c1. The number of aromatic nitrogens is 1. The van der Waals surface area contributed by atoms with Gasteiger partial charge in [-0.2, -0.15) is 5.26 Å². The zero-order chi connectivity index (χ0) is 20.2. The van der Waals surface area contributed by atoms with Crippen LogP contribution >= 0.6 is 11.8 Å². The summed E-state index contributed by atoms with van der Waals surface area (Å²) in [6, 6.07) is 20.7. The molecule has 0 bridgehead atoms. The molecular formula is C24H23N3OS. The second-order valence-electron chi connectivity index (χ2n) is 7.20. The van der Waals surface area contributed by atoms with Crippen LogP contribution in [0.25, 0.3) is 11.1 Å². The molecule has 2 aromatic carbocycles. The van der Waals surface area contributed by atoms with E-state index in [1.165, 1.54) is 5.56 Å². The first kappa shape index (κ1) is 19.5. The van der Waals surface area contributed by atoms with E-state index >= 15 is 0 Å². The van der Waals surface area contributed by atoms with Crippen molar-refractivity contribution in [1.82, 2.24) is 9.88 Å². The van der Waals surface area contributed by atoms with Crippen LogP contribution in [0.15, 0.2) is 59.6 Å². The highest BCUT2D eigenvalue weighted by atomic mass is 32.2. The Morgan fingerprint density at radius 2 is 2.00 bits per heavy atom. The lowest BCUT2D eigenvalue weighted by Gasteiger charge is -2.28. The number of nitrogens with zero attached hydrogens (tertiary/aromatic N) is 3. The van der Waals surface area contributed by atoms with Gasteiger partial charge in [0.15, 0.2) is 0 Å². The number of fused-ring (bicyclic) bond motifs is 1. The minimum Gasteiger partial charge on any atom is -0.497 e. The maximum Gasteiger partial charge on any atom is 0.119 e. The topological polar surface area (TPSA) is 49.1 Å². The predicted octanol–water partition coefficient (Wildman–Crippen LogP) is 4.91. The lowest BCUT2D eigenvalue weighted by atomic mass is 9.92. The Hall–Kier alpha value is -2.81. The maximum atomic E-state index is 10.1. The van der Waals surface area contributed by atoms with Gasteiger partial charge in [-0.3, -0.25) is 0 Å². The van der Waals surface area contributed by atoms with Crippen molar-refractivity contribution in [1.29, 1.82) is 5.26 Å². The summed E-state index contributed by atoms with van der Waals surface area (Å²) in [5.74, 6) is 1.58. The number of ether oxygens (including phenoxy) is 1. The summed E-state index contributed by atoms with van der Waals surface area (Å²) in [4.78, 5) is 7.24. The first-order valence-electron chi connectivity index (χ1n) is 9.65. The summed E-state index contributed by atoms with van der Waals surface area (Å²) in [7, 11) is 3.80. The molecule has 0 amide bonds. The zero-order valence-corrected chi connectivity index (χ0v) is 17.5. The highest BCUT2D eigenvalue weighted by molar-refractivity contribution is 7.98. The minimum atomic E-state index is 0.679. The van der Waals surface area contributed by atoms with E-state index < -0.39 is 0 Å². The van der Waals surface area contributed by atoms with Gasteiger partial charge in [0.25, 0.3) is 0 Å². The number of nitriles is 1. The first-order chi connectivity index (χ1) is 14.2. The monoisotopic (exact) mass is 401 g/mol. The molecule has 0 saturated carbocycles. The van der Waals surface area contributed by atoms with Crippen LogP contribution in [0.2, 0.25) is 0 Å². The van der Waals surface area contributed by atoms with Crippen LogP contribution in [0.4, 0.5) is 0 Å². The van der Waals surface area contributed by atoms with E-state index in [0.29, 0.717) is 5.56 Å². The molecule has 4 rings (SSSR count). The molecule has 2 heterocycles. The molecule has 3 aromatic rings. The summed E-state index contributed by atoms with van der Waals surface area (Å²) < 4.78 is 5.33. The van der Waals surface area contributed by atoms with Gasteiger partial charge in [0, 0.05) is 36.5 Å². The highest BCUT2D eigenvalue weighted by Gasteiger charge is 2.24. The number of rotatable bonds is 5. The van der Waals surface area contributed by atoms with Gasteiger partial charge in [-0.25, -0.2) is 4.98 Å². The molecule has 146 valence electrons. The van der Waals surface area contributed by atoms with Crippen LogP contribution < -0.4 is 4.74 Å². The number of thioether (sulfide) groups is 1. The van der Waals surface area contributed by atoms with Crippen LogP contribution in [-0.2, 0) is 18.7 Å². The van der Waals surface area contributed by atoms with E-state index in [0.717, 1.165) is 58.4 Å². The maximum absolute atomic E-state index is 10.1. The van der Waals surface area contributed by atoms with Crippen molar-refractivity contribution in [3.8, 4) is 22.9 Å². The average molecular weight is 402 g/mol. The van der Waals surface area contributed by atoms with Gasteiger partial charge in [0.2, 0.25) is 0 Å². The third-order valence-corrected chi connectivity index (χ3v) is 6.24. The summed E-state index contributed by atoms with van der Waals surface area (Å²) in [5.41, 5.74) is 6.26. The molecule has 0 atom stereocenters. The molecule has 0 fully saturated rings. The lowest BCUT2D eigenvalue weighted by molar-refractivity contribution is 0.309. The van der Waals surface area contributed by atoms with E-state index in [1.807, 2.05) is 36.4 Å². The number of hydrogen-bond donors (Lipinski definition) is 0.